The second-order valence-electron chi connectivity index (χ2n) is 25.1. The van der Waals surface area contributed by atoms with Crippen LogP contribution in [0.2, 0.25) is 5.28 Å². The van der Waals surface area contributed by atoms with E-state index in [4.69, 9.17) is 44.7 Å². The minimum absolute atomic E-state index is 0.180. The number of nitrogens with zero attached hydrogens (tertiary/aromatic N) is 8. The summed E-state index contributed by atoms with van der Waals surface area (Å²) in [6.07, 6.45) is 0. The number of hydrogen-bond acceptors (Lipinski definition) is 12. The molecule has 0 amide bonds. The van der Waals surface area contributed by atoms with Gasteiger partial charge in [0.25, 0.3) is 0 Å². The minimum Gasteiger partial charge on any atom is -0.436 e. The first-order valence-electron chi connectivity index (χ1n) is 33.0. The normalized spacial score (nSPS) is 12.9. The van der Waals surface area contributed by atoms with Gasteiger partial charge in [-0.05, 0) is 138 Å². The summed E-state index contributed by atoms with van der Waals surface area (Å²) in [5.41, 5.74) is 19.1. The van der Waals surface area contributed by atoms with Gasteiger partial charge in [-0.15, -0.1) is 0 Å². The second-order valence-corrected chi connectivity index (χ2v) is 25.4. The van der Waals surface area contributed by atoms with Crippen LogP contribution < -0.4 is 5.46 Å². The van der Waals surface area contributed by atoms with Gasteiger partial charge in [0, 0.05) is 38.9 Å². The first-order valence-corrected chi connectivity index (χ1v) is 33.4. The Hall–Kier alpha value is -12.1. The summed E-state index contributed by atoms with van der Waals surface area (Å²) in [6.45, 7) is 8.22. The van der Waals surface area contributed by atoms with Crippen LogP contribution in [0, 0.1) is 0 Å². The predicted molar refractivity (Wildman–Crippen MR) is 402 cm³/mol. The van der Waals surface area contributed by atoms with E-state index in [1.54, 1.807) is 0 Å². The summed E-state index contributed by atoms with van der Waals surface area (Å²) < 4.78 is 24.0. The molecule has 0 unspecified atom stereocenters. The molecule has 0 N–H and O–H groups in total. The zero-order valence-corrected chi connectivity index (χ0v) is 55.9. The van der Waals surface area contributed by atoms with Crippen molar-refractivity contribution < 1.29 is 18.1 Å². The van der Waals surface area contributed by atoms with Crippen molar-refractivity contribution in [1.82, 2.24) is 39.9 Å². The number of oxazole rings is 2. The highest BCUT2D eigenvalue weighted by Crippen LogP contribution is 2.38. The van der Waals surface area contributed by atoms with E-state index >= 15 is 0 Å². The third kappa shape index (κ3) is 14.2. The summed E-state index contributed by atoms with van der Waals surface area (Å²) in [5, 5.41) is 0.180. The van der Waals surface area contributed by atoms with Crippen LogP contribution in [0.3, 0.4) is 0 Å². The molecule has 1 aliphatic heterocycles. The monoisotopic (exact) mass is 1320 g/mol. The van der Waals surface area contributed by atoms with E-state index in [0.29, 0.717) is 40.9 Å². The molecule has 0 radical (unpaired) electrons. The summed E-state index contributed by atoms with van der Waals surface area (Å²) in [4.78, 5) is 37.4. The van der Waals surface area contributed by atoms with Crippen molar-refractivity contribution in [2.45, 2.75) is 38.9 Å². The first-order chi connectivity index (χ1) is 48.9. The van der Waals surface area contributed by atoms with Crippen molar-refractivity contribution in [3.05, 3.63) is 321 Å². The molecule has 14 heteroatoms. The Balaban J connectivity index is 0.000000129. The average molecular weight is 1320 g/mol. The Kier molecular flexibility index (Phi) is 18.0. The summed E-state index contributed by atoms with van der Waals surface area (Å²) in [6, 6.07) is 106. The third-order valence-electron chi connectivity index (χ3n) is 17.9. The SMILES string of the molecule is CC1(C)OB(c2ccc(-c3nc4ccccc4o3)cc2)OC1(C)C.Clc1nc(-c2ccc(-c3ccccc3)cc2)nc(-c2ccc(-c3ccccc3)cc2)n1.c1ccc(-c2ccc(-c3nc(-c4ccc(-c5ccccc5)cc4)nc(-c4ccc(-c5nc6ccccc6o5)cc4)n3)cc2)cc1. The molecular weight excluding hydrogens is 1260 g/mol. The average Bonchev–Trinajstić information content (AvgIpc) is 1.61. The maximum atomic E-state index is 6.24. The molecule has 0 bridgehead atoms. The molecule has 482 valence electrons. The quantitative estimate of drug-likeness (QED) is 0.107. The molecule has 100 heavy (non-hydrogen) atoms. The molecule has 5 heterocycles. The van der Waals surface area contributed by atoms with Gasteiger partial charge in [0.2, 0.25) is 17.1 Å². The third-order valence-corrected chi connectivity index (χ3v) is 18.1. The molecule has 0 saturated carbocycles. The zero-order chi connectivity index (χ0) is 68.0. The number of aromatic nitrogens is 8. The first kappa shape index (κ1) is 63.9. The van der Waals surface area contributed by atoms with Gasteiger partial charge < -0.3 is 18.1 Å². The van der Waals surface area contributed by atoms with E-state index in [-0.39, 0.29) is 23.6 Å². The van der Waals surface area contributed by atoms with Crippen molar-refractivity contribution in [2.24, 2.45) is 0 Å². The zero-order valence-electron chi connectivity index (χ0n) is 55.2. The van der Waals surface area contributed by atoms with Crippen LogP contribution in [0.5, 0.6) is 0 Å². The molecule has 0 spiro atoms. The standard InChI is InChI=1S/C40H26N4O.C27H18ClN3.C19H20BNO3/c1-3-9-27(10-4-1)29-15-19-31(20-16-29)37-42-38(32-21-17-30(18-22-32)28-11-5-2-6-12-28)44-39(43-37)33-23-25-34(26-24-33)40-41-35-13-7-8-14-36(35)45-40;28-27-30-25(23-15-11-21(12-16-23)19-7-3-1-4-8-19)29-26(31-27)24-17-13-22(14-18-24)20-9-5-2-6-10-20;1-18(2)19(3,4)24-20(23-18)14-11-9-13(10-12-14)17-21-15-7-5-6-8-16(15)22-17/h1-26H;1-18H;5-12H,1-4H3. The van der Waals surface area contributed by atoms with Crippen molar-refractivity contribution in [1.29, 1.82) is 0 Å². The summed E-state index contributed by atoms with van der Waals surface area (Å²) in [7, 11) is -0.354. The van der Waals surface area contributed by atoms with E-state index in [1.165, 1.54) is 22.3 Å². The molecule has 17 rings (SSSR count). The number of hydrogen-bond donors (Lipinski definition) is 0. The molecule has 12 nitrogen and oxygen atoms in total. The van der Waals surface area contributed by atoms with Gasteiger partial charge >= 0.3 is 7.12 Å². The summed E-state index contributed by atoms with van der Waals surface area (Å²) >= 11 is 6.24. The minimum atomic E-state index is -0.354. The van der Waals surface area contributed by atoms with E-state index in [9.17, 15) is 0 Å². The van der Waals surface area contributed by atoms with Crippen LogP contribution in [0.25, 0.3) is 147 Å². The molecule has 1 saturated heterocycles. The van der Waals surface area contributed by atoms with E-state index in [2.05, 4.69) is 174 Å². The number of rotatable bonds is 12. The number of benzene rings is 12. The van der Waals surface area contributed by atoms with E-state index in [1.807, 2.05) is 194 Å². The van der Waals surface area contributed by atoms with Crippen LogP contribution >= 0.6 is 11.6 Å². The molecule has 0 aliphatic carbocycles. The lowest BCUT2D eigenvalue weighted by atomic mass is 9.79. The lowest BCUT2D eigenvalue weighted by Crippen LogP contribution is -2.41. The van der Waals surface area contributed by atoms with E-state index in [0.717, 1.165) is 88.9 Å². The Morgan fingerprint density at radius 2 is 0.470 bits per heavy atom. The largest absolute Gasteiger partial charge is 0.494 e. The van der Waals surface area contributed by atoms with Gasteiger partial charge in [0.1, 0.15) is 11.0 Å². The fourth-order valence-corrected chi connectivity index (χ4v) is 11.8. The fraction of sp³-hybridized carbons (Fsp3) is 0.0698. The lowest BCUT2D eigenvalue weighted by molar-refractivity contribution is 0.00578. The molecule has 0 atom stereocenters. The fourth-order valence-electron chi connectivity index (χ4n) is 11.7. The Morgan fingerprint density at radius 1 is 0.240 bits per heavy atom. The van der Waals surface area contributed by atoms with Gasteiger partial charge in [-0.3, -0.25) is 0 Å². The van der Waals surface area contributed by atoms with Gasteiger partial charge in [0.15, 0.2) is 40.3 Å². The van der Waals surface area contributed by atoms with Crippen molar-refractivity contribution in [2.75, 3.05) is 0 Å². The van der Waals surface area contributed by atoms with Crippen LogP contribution in [0.1, 0.15) is 27.7 Å². The van der Waals surface area contributed by atoms with Crippen LogP contribution in [0.15, 0.2) is 324 Å². The van der Waals surface area contributed by atoms with Crippen molar-refractivity contribution >= 4 is 46.4 Å². The maximum absolute atomic E-state index is 6.24. The molecule has 1 fully saturated rings. The van der Waals surface area contributed by atoms with Gasteiger partial charge in [-0.25, -0.2) is 29.9 Å². The highest BCUT2D eigenvalue weighted by molar-refractivity contribution is 6.62. The van der Waals surface area contributed by atoms with Crippen LogP contribution in [-0.2, 0) is 9.31 Å². The lowest BCUT2D eigenvalue weighted by Gasteiger charge is -2.32. The highest BCUT2D eigenvalue weighted by atomic mass is 35.5. The van der Waals surface area contributed by atoms with Crippen LogP contribution in [-0.4, -0.2) is 58.2 Å². The highest BCUT2D eigenvalue weighted by Gasteiger charge is 2.51. The summed E-state index contributed by atoms with van der Waals surface area (Å²) in [5.74, 6) is 4.14. The van der Waals surface area contributed by atoms with E-state index < -0.39 is 0 Å². The van der Waals surface area contributed by atoms with Gasteiger partial charge in [-0.1, -0.05) is 267 Å². The second kappa shape index (κ2) is 28.1. The number of para-hydroxylation sites is 4. The van der Waals surface area contributed by atoms with Crippen molar-refractivity contribution in [3.63, 3.8) is 0 Å². The molecule has 16 aromatic rings. The molecule has 4 aromatic heterocycles. The topological polar surface area (TPSA) is 148 Å². The molecule has 1 aliphatic rings. The van der Waals surface area contributed by atoms with Crippen molar-refractivity contribution in [3.8, 4) is 124 Å². The smallest absolute Gasteiger partial charge is 0.436 e. The maximum Gasteiger partial charge on any atom is 0.494 e. The number of halogens is 1. The van der Waals surface area contributed by atoms with Crippen LogP contribution in [0.4, 0.5) is 0 Å². The van der Waals surface area contributed by atoms with Gasteiger partial charge in [-0.2, -0.15) is 9.97 Å². The molecule has 12 aromatic carbocycles. The molecular formula is C86H64BClN8O4. The van der Waals surface area contributed by atoms with Gasteiger partial charge in [0.05, 0.1) is 11.2 Å². The predicted octanol–water partition coefficient (Wildman–Crippen LogP) is 21.0. The Labute approximate surface area is 585 Å². The number of fused-ring (bicyclic) bond motifs is 2. The Morgan fingerprint density at radius 3 is 0.760 bits per heavy atom. The Bertz CT molecular complexity index is 5170.